The number of nitrogens with zero attached hydrogens (tertiary/aromatic N) is 1. The first-order valence-corrected chi connectivity index (χ1v) is 12.0. The van der Waals surface area contributed by atoms with Gasteiger partial charge in [0, 0.05) is 13.1 Å². The lowest BCUT2D eigenvalue weighted by molar-refractivity contribution is 0.0644. The summed E-state index contributed by atoms with van der Waals surface area (Å²) in [6, 6.07) is 6.02. The quantitative estimate of drug-likeness (QED) is 0.514. The molecule has 0 unspecified atom stereocenters. The summed E-state index contributed by atoms with van der Waals surface area (Å²) in [7, 11) is 1.65. The maximum atomic E-state index is 10.5. The maximum absolute atomic E-state index is 10.5. The van der Waals surface area contributed by atoms with Gasteiger partial charge in [-0.1, -0.05) is 25.3 Å². The Morgan fingerprint density at radius 3 is 2.61 bits per heavy atom. The predicted octanol–water partition coefficient (Wildman–Crippen LogP) is 3.54. The van der Waals surface area contributed by atoms with Crippen LogP contribution in [0, 0.1) is 0 Å². The largest absolute Gasteiger partial charge is 0.493 e. The van der Waals surface area contributed by atoms with E-state index in [-0.39, 0.29) is 6.61 Å². The molecule has 1 atom stereocenters. The molecule has 5 nitrogen and oxygen atoms in total. The van der Waals surface area contributed by atoms with Crippen LogP contribution in [-0.2, 0) is 6.54 Å². The summed E-state index contributed by atoms with van der Waals surface area (Å²) in [6.45, 7) is 4.95. The van der Waals surface area contributed by atoms with Crippen LogP contribution in [0.3, 0.4) is 0 Å². The predicted molar refractivity (Wildman–Crippen MR) is 119 cm³/mol. The summed E-state index contributed by atoms with van der Waals surface area (Å²) in [5.74, 6) is 2.60. The van der Waals surface area contributed by atoms with Gasteiger partial charge < -0.3 is 24.8 Å². The molecule has 28 heavy (non-hydrogen) atoms. The average molecular weight is 411 g/mol. The molecule has 160 valence electrons. The van der Waals surface area contributed by atoms with Crippen molar-refractivity contribution in [3.8, 4) is 11.5 Å². The van der Waals surface area contributed by atoms with Gasteiger partial charge in [0.05, 0.1) is 7.11 Å². The van der Waals surface area contributed by atoms with E-state index in [0.717, 1.165) is 26.2 Å². The van der Waals surface area contributed by atoms with E-state index in [1.165, 1.54) is 49.8 Å². The standard InChI is InChI=1S/C22H38N2O3S/c1-26-21-10-9-19(16-23-11-8-14-28-2)15-22(21)27-18-20(25)17-24-12-6-4-3-5-7-13-24/h9-10,15,20,23,25H,3-8,11-14,16-18H2,1-2H3/t20-/m1/s1. The van der Waals surface area contributed by atoms with Crippen LogP contribution in [0.15, 0.2) is 18.2 Å². The van der Waals surface area contributed by atoms with Gasteiger partial charge in [-0.25, -0.2) is 0 Å². The molecule has 1 aromatic rings. The second kappa shape index (κ2) is 14.1. The van der Waals surface area contributed by atoms with Crippen molar-refractivity contribution in [2.24, 2.45) is 0 Å². The van der Waals surface area contributed by atoms with Gasteiger partial charge >= 0.3 is 0 Å². The molecule has 1 aliphatic heterocycles. The maximum Gasteiger partial charge on any atom is 0.161 e. The highest BCUT2D eigenvalue weighted by Crippen LogP contribution is 2.28. The lowest BCUT2D eigenvalue weighted by atomic mass is 10.1. The molecule has 0 radical (unpaired) electrons. The topological polar surface area (TPSA) is 54.0 Å². The zero-order valence-electron chi connectivity index (χ0n) is 17.6. The Balaban J connectivity index is 1.80. The normalized spacial score (nSPS) is 17.0. The molecule has 1 aliphatic rings. The number of nitrogens with one attached hydrogen (secondary N) is 1. The van der Waals surface area contributed by atoms with Crippen molar-refractivity contribution in [1.29, 1.82) is 0 Å². The number of benzene rings is 1. The zero-order chi connectivity index (χ0) is 20.0. The Morgan fingerprint density at radius 2 is 1.89 bits per heavy atom. The summed E-state index contributed by atoms with van der Waals surface area (Å²) >= 11 is 1.88. The Morgan fingerprint density at radius 1 is 1.14 bits per heavy atom. The fourth-order valence-electron chi connectivity index (χ4n) is 3.55. The number of methoxy groups -OCH3 is 1. The van der Waals surface area contributed by atoms with Gasteiger partial charge in [0.2, 0.25) is 0 Å². The van der Waals surface area contributed by atoms with E-state index in [1.807, 2.05) is 23.9 Å². The second-order valence-corrected chi connectivity index (χ2v) is 8.53. The minimum Gasteiger partial charge on any atom is -0.493 e. The Kier molecular flexibility index (Phi) is 11.7. The van der Waals surface area contributed by atoms with E-state index in [0.29, 0.717) is 18.0 Å². The third kappa shape index (κ3) is 9.03. The number of aliphatic hydroxyl groups is 1. The third-order valence-electron chi connectivity index (χ3n) is 5.11. The lowest BCUT2D eigenvalue weighted by Crippen LogP contribution is -2.37. The molecule has 0 aliphatic carbocycles. The molecule has 2 rings (SSSR count). The first-order valence-electron chi connectivity index (χ1n) is 10.6. The lowest BCUT2D eigenvalue weighted by Gasteiger charge is -2.26. The van der Waals surface area contributed by atoms with Gasteiger partial charge in [-0.3, -0.25) is 0 Å². The summed E-state index contributed by atoms with van der Waals surface area (Å²) < 4.78 is 11.4. The number of likely N-dealkylation sites (tertiary alicyclic amines) is 1. The Labute approximate surface area is 175 Å². The Hall–Kier alpha value is -0.950. The smallest absolute Gasteiger partial charge is 0.161 e. The number of thioether (sulfide) groups is 1. The summed E-state index contributed by atoms with van der Waals surface area (Å²) in [6.07, 6.45) is 9.23. The van der Waals surface area contributed by atoms with Crippen LogP contribution in [0.4, 0.5) is 0 Å². The minimum absolute atomic E-state index is 0.289. The van der Waals surface area contributed by atoms with Gasteiger partial charge in [0.1, 0.15) is 12.7 Å². The fraction of sp³-hybridized carbons (Fsp3) is 0.727. The average Bonchev–Trinajstić information content (AvgIpc) is 2.68. The zero-order valence-corrected chi connectivity index (χ0v) is 18.4. The van der Waals surface area contributed by atoms with Crippen LogP contribution in [0.5, 0.6) is 11.5 Å². The number of ether oxygens (including phenoxy) is 2. The molecule has 1 fully saturated rings. The first kappa shape index (κ1) is 23.3. The molecule has 1 saturated heterocycles. The van der Waals surface area contributed by atoms with Crippen LogP contribution < -0.4 is 14.8 Å². The SMILES string of the molecule is COc1ccc(CNCCCSC)cc1OC[C@H](O)CN1CCCCCCC1. The highest BCUT2D eigenvalue weighted by atomic mass is 32.2. The molecule has 0 amide bonds. The number of hydrogen-bond acceptors (Lipinski definition) is 6. The van der Waals surface area contributed by atoms with E-state index in [4.69, 9.17) is 9.47 Å². The number of hydrogen-bond donors (Lipinski definition) is 2. The third-order valence-corrected chi connectivity index (χ3v) is 5.80. The van der Waals surface area contributed by atoms with Gasteiger partial charge in [-0.2, -0.15) is 11.8 Å². The second-order valence-electron chi connectivity index (χ2n) is 7.54. The molecular weight excluding hydrogens is 372 g/mol. The highest BCUT2D eigenvalue weighted by molar-refractivity contribution is 7.98. The van der Waals surface area contributed by atoms with Crippen molar-refractivity contribution in [2.75, 3.05) is 51.9 Å². The molecule has 0 aromatic heterocycles. The van der Waals surface area contributed by atoms with Gasteiger partial charge in [-0.05, 0) is 68.6 Å². The van der Waals surface area contributed by atoms with E-state index in [1.54, 1.807) is 7.11 Å². The first-order chi connectivity index (χ1) is 13.7. The van der Waals surface area contributed by atoms with E-state index in [2.05, 4.69) is 22.5 Å². The summed E-state index contributed by atoms with van der Waals surface area (Å²) in [5, 5.41) is 13.9. The van der Waals surface area contributed by atoms with Gasteiger partial charge in [0.15, 0.2) is 11.5 Å². The van der Waals surface area contributed by atoms with E-state index < -0.39 is 6.10 Å². The number of rotatable bonds is 12. The molecule has 1 heterocycles. The van der Waals surface area contributed by atoms with Gasteiger partial charge in [0.25, 0.3) is 0 Å². The van der Waals surface area contributed by atoms with Crippen molar-refractivity contribution in [3.63, 3.8) is 0 Å². The summed E-state index contributed by atoms with van der Waals surface area (Å²) in [4.78, 5) is 2.37. The van der Waals surface area contributed by atoms with E-state index in [9.17, 15) is 5.11 Å². The molecule has 1 aromatic carbocycles. The summed E-state index contributed by atoms with van der Waals surface area (Å²) in [5.41, 5.74) is 1.17. The van der Waals surface area contributed by atoms with Crippen molar-refractivity contribution in [1.82, 2.24) is 10.2 Å². The molecular formula is C22H38N2O3S. The van der Waals surface area contributed by atoms with Crippen LogP contribution in [0.2, 0.25) is 0 Å². The molecule has 0 bridgehead atoms. The van der Waals surface area contributed by atoms with Crippen LogP contribution in [0.25, 0.3) is 0 Å². The van der Waals surface area contributed by atoms with Crippen LogP contribution in [0.1, 0.15) is 44.1 Å². The van der Waals surface area contributed by atoms with E-state index >= 15 is 0 Å². The van der Waals surface area contributed by atoms with Crippen molar-refractivity contribution in [3.05, 3.63) is 23.8 Å². The minimum atomic E-state index is -0.488. The molecule has 6 heteroatoms. The fourth-order valence-corrected chi connectivity index (χ4v) is 3.98. The van der Waals surface area contributed by atoms with Crippen LogP contribution >= 0.6 is 11.8 Å². The molecule has 2 N–H and O–H groups in total. The molecule has 0 saturated carbocycles. The molecule has 0 spiro atoms. The number of β-amino-alcohol motifs (C(OH)–C–C–N with tert-alkyl or cyclic N) is 1. The van der Waals surface area contributed by atoms with Crippen molar-refractivity contribution >= 4 is 11.8 Å². The van der Waals surface area contributed by atoms with Crippen molar-refractivity contribution < 1.29 is 14.6 Å². The highest BCUT2D eigenvalue weighted by Gasteiger charge is 2.15. The number of aliphatic hydroxyl groups excluding tert-OH is 1. The monoisotopic (exact) mass is 410 g/mol. The van der Waals surface area contributed by atoms with Gasteiger partial charge in [-0.15, -0.1) is 0 Å². The Bertz CT molecular complexity index is 537. The van der Waals surface area contributed by atoms with Crippen molar-refractivity contribution in [2.45, 2.75) is 51.2 Å². The van der Waals surface area contributed by atoms with Crippen LogP contribution in [-0.4, -0.2) is 68.0 Å².